The van der Waals surface area contributed by atoms with E-state index in [1.165, 1.54) is 25.9 Å². The first-order chi connectivity index (χ1) is 19.5. The lowest BCUT2D eigenvalue weighted by Crippen LogP contribution is -2.36. The lowest BCUT2D eigenvalue weighted by Gasteiger charge is -2.30. The molecule has 2 aromatic heterocycles. The maximum absolute atomic E-state index is 10.8. The van der Waals surface area contributed by atoms with E-state index in [2.05, 4.69) is 22.2 Å². The Morgan fingerprint density at radius 3 is 2.44 bits per heavy atom. The molecule has 5 rings (SSSR count). The van der Waals surface area contributed by atoms with E-state index in [0.29, 0.717) is 18.4 Å². The molecule has 2 saturated heterocycles. The number of ether oxygens (including phenoxy) is 1. The van der Waals surface area contributed by atoms with E-state index in [1.54, 1.807) is 6.07 Å². The molecule has 2 aliphatic rings. The number of phenols is 1. The number of aliphatic carboxylic acids is 1. The number of carboxylic acids is 1. The zero-order valence-corrected chi connectivity index (χ0v) is 23.3. The van der Waals surface area contributed by atoms with Crippen molar-refractivity contribution in [3.63, 3.8) is 0 Å². The summed E-state index contributed by atoms with van der Waals surface area (Å²) < 4.78 is 43.6. The second-order valence-corrected chi connectivity index (χ2v) is 10.6. The van der Waals surface area contributed by atoms with Gasteiger partial charge in [0.2, 0.25) is 0 Å². The van der Waals surface area contributed by atoms with Crippen LogP contribution in [0.1, 0.15) is 37.9 Å². The van der Waals surface area contributed by atoms with E-state index >= 15 is 0 Å². The largest absolute Gasteiger partial charge is 0.504 e. The summed E-state index contributed by atoms with van der Waals surface area (Å²) in [5.41, 5.74) is 2.54. The zero-order valence-electron chi connectivity index (χ0n) is 23.3. The number of aromatic hydroxyl groups is 1. The number of phenolic OH excluding ortho intramolecular Hbond substituents is 1. The van der Waals surface area contributed by atoms with Crippen molar-refractivity contribution in [3.05, 3.63) is 36.1 Å². The second kappa shape index (κ2) is 13.4. The molecule has 0 aliphatic carbocycles. The Kier molecular flexibility index (Phi) is 9.98. The number of carbonyl (C=O) groups is 1. The van der Waals surface area contributed by atoms with Crippen LogP contribution < -0.4 is 10.1 Å². The number of piperidine rings is 1. The van der Waals surface area contributed by atoms with Crippen molar-refractivity contribution in [2.45, 2.75) is 51.2 Å². The molecule has 0 saturated carbocycles. The van der Waals surface area contributed by atoms with Crippen LogP contribution in [0.3, 0.4) is 0 Å². The predicted molar refractivity (Wildman–Crippen MR) is 149 cm³/mol. The highest BCUT2D eigenvalue weighted by Crippen LogP contribution is 2.37. The molecule has 0 unspecified atom stereocenters. The standard InChI is InChI=1S/C27H36N4O3.C2HF3O2/c1-19-6-7-26(34-19)24-17-22(28-20-8-13-30(2)14-9-20)21-16-25(32)27(18-23(21)29-24)33-15-5-12-31-10-3-4-11-31;3-2(4,5)1(6)7/h6-7,16-18,20,32H,3-5,8-15H2,1-2H3,(H,28,29);(H,6,7). The average Bonchev–Trinajstić information content (AvgIpc) is 3.60. The summed E-state index contributed by atoms with van der Waals surface area (Å²) in [6.45, 7) is 8.08. The summed E-state index contributed by atoms with van der Waals surface area (Å²) in [6.07, 6.45) is 0.617. The first-order valence-electron chi connectivity index (χ1n) is 13.8. The molecule has 3 N–H and O–H groups in total. The van der Waals surface area contributed by atoms with E-state index in [0.717, 1.165) is 72.7 Å². The van der Waals surface area contributed by atoms with Gasteiger partial charge in [0.1, 0.15) is 11.5 Å². The number of hydrogen-bond acceptors (Lipinski definition) is 8. The number of benzene rings is 1. The Labute approximate surface area is 236 Å². The van der Waals surface area contributed by atoms with E-state index in [9.17, 15) is 18.3 Å². The average molecular weight is 579 g/mol. The zero-order chi connectivity index (χ0) is 29.6. The second-order valence-electron chi connectivity index (χ2n) is 10.6. The smallest absolute Gasteiger partial charge is 0.490 e. The highest BCUT2D eigenvalue weighted by molar-refractivity contribution is 5.95. The number of aromatic nitrogens is 1. The number of carboxylic acid groups (broad SMARTS) is 1. The molecule has 0 bridgehead atoms. The van der Waals surface area contributed by atoms with Crippen molar-refractivity contribution < 1.29 is 37.3 Å². The summed E-state index contributed by atoms with van der Waals surface area (Å²) in [4.78, 5) is 18.6. The van der Waals surface area contributed by atoms with Crippen LogP contribution in [-0.2, 0) is 4.79 Å². The molecule has 4 heterocycles. The summed E-state index contributed by atoms with van der Waals surface area (Å²) in [5.74, 6) is -0.517. The van der Waals surface area contributed by atoms with Gasteiger partial charge in [-0.15, -0.1) is 0 Å². The van der Waals surface area contributed by atoms with E-state index in [1.807, 2.05) is 31.2 Å². The summed E-state index contributed by atoms with van der Waals surface area (Å²) >= 11 is 0. The van der Waals surface area contributed by atoms with Gasteiger partial charge in [0.05, 0.1) is 12.1 Å². The number of rotatable bonds is 8. The van der Waals surface area contributed by atoms with Crippen LogP contribution in [0, 0.1) is 6.92 Å². The highest BCUT2D eigenvalue weighted by Gasteiger charge is 2.38. The minimum atomic E-state index is -5.08. The molecule has 0 spiro atoms. The van der Waals surface area contributed by atoms with Gasteiger partial charge in [-0.2, -0.15) is 13.2 Å². The van der Waals surface area contributed by atoms with Crippen LogP contribution in [0.25, 0.3) is 22.4 Å². The first kappa shape index (κ1) is 30.4. The first-order valence-corrected chi connectivity index (χ1v) is 13.8. The van der Waals surface area contributed by atoms with Crippen molar-refractivity contribution in [1.29, 1.82) is 0 Å². The van der Waals surface area contributed by atoms with E-state index < -0.39 is 12.1 Å². The van der Waals surface area contributed by atoms with Crippen molar-refractivity contribution >= 4 is 22.6 Å². The Bertz CT molecular complexity index is 1320. The normalized spacial score (nSPS) is 16.9. The molecule has 3 aromatic rings. The molecule has 2 aliphatic heterocycles. The quantitative estimate of drug-likeness (QED) is 0.298. The third kappa shape index (κ3) is 8.49. The third-order valence-electron chi connectivity index (χ3n) is 7.28. The van der Waals surface area contributed by atoms with Gasteiger partial charge in [0, 0.05) is 29.7 Å². The molecular weight excluding hydrogens is 541 g/mol. The lowest BCUT2D eigenvalue weighted by molar-refractivity contribution is -0.192. The molecule has 0 atom stereocenters. The number of nitrogens with one attached hydrogen (secondary N) is 1. The van der Waals surface area contributed by atoms with Gasteiger partial charge in [-0.1, -0.05) is 0 Å². The van der Waals surface area contributed by atoms with Gasteiger partial charge in [0.15, 0.2) is 17.3 Å². The fourth-order valence-corrected chi connectivity index (χ4v) is 5.03. The monoisotopic (exact) mass is 578 g/mol. The molecule has 2 fully saturated rings. The Morgan fingerprint density at radius 2 is 1.83 bits per heavy atom. The van der Waals surface area contributed by atoms with Crippen molar-refractivity contribution in [3.8, 4) is 23.0 Å². The Hall–Kier alpha value is -3.51. The number of hydrogen-bond donors (Lipinski definition) is 3. The molecule has 1 aromatic carbocycles. The molecule has 224 valence electrons. The number of nitrogens with zero attached hydrogens (tertiary/aromatic N) is 3. The van der Waals surface area contributed by atoms with Crippen LogP contribution in [0.4, 0.5) is 18.9 Å². The molecule has 41 heavy (non-hydrogen) atoms. The maximum atomic E-state index is 10.8. The Morgan fingerprint density at radius 1 is 1.15 bits per heavy atom. The van der Waals surface area contributed by atoms with Gasteiger partial charge in [-0.25, -0.2) is 9.78 Å². The SMILES string of the molecule is Cc1ccc(-c2cc(NC3CCN(C)CC3)c3cc(O)c(OCCCN4CCCC4)cc3n2)o1.O=C(O)C(F)(F)F. The maximum Gasteiger partial charge on any atom is 0.490 e. The van der Waals surface area contributed by atoms with Crippen molar-refractivity contribution in [2.75, 3.05) is 51.7 Å². The number of pyridine rings is 1. The molecular formula is C29H37F3N4O5. The number of halogens is 3. The molecule has 12 heteroatoms. The van der Waals surface area contributed by atoms with Gasteiger partial charge in [-0.3, -0.25) is 0 Å². The summed E-state index contributed by atoms with van der Waals surface area (Å²) in [7, 11) is 2.17. The van der Waals surface area contributed by atoms with Gasteiger partial charge in [0.25, 0.3) is 0 Å². The third-order valence-corrected chi connectivity index (χ3v) is 7.28. The van der Waals surface area contributed by atoms with Crippen LogP contribution in [0.5, 0.6) is 11.5 Å². The van der Waals surface area contributed by atoms with Crippen molar-refractivity contribution in [2.24, 2.45) is 0 Å². The molecule has 0 amide bonds. The van der Waals surface area contributed by atoms with Gasteiger partial charge in [-0.05, 0) is 96.5 Å². The molecule has 0 radical (unpaired) electrons. The minimum Gasteiger partial charge on any atom is -0.504 e. The number of likely N-dealkylation sites (tertiary alicyclic amines) is 2. The fourth-order valence-electron chi connectivity index (χ4n) is 5.03. The summed E-state index contributed by atoms with van der Waals surface area (Å²) in [5, 5.41) is 22.5. The number of fused-ring (bicyclic) bond motifs is 1. The number of anilines is 1. The number of alkyl halides is 3. The van der Waals surface area contributed by atoms with Crippen LogP contribution in [-0.4, -0.2) is 89.6 Å². The fraction of sp³-hybridized carbons (Fsp3) is 0.517. The van der Waals surface area contributed by atoms with E-state index in [4.69, 9.17) is 24.0 Å². The van der Waals surface area contributed by atoms with Crippen molar-refractivity contribution in [1.82, 2.24) is 14.8 Å². The predicted octanol–water partition coefficient (Wildman–Crippen LogP) is 5.51. The number of aryl methyl sites for hydroxylation is 1. The topological polar surface area (TPSA) is 111 Å². The highest BCUT2D eigenvalue weighted by atomic mass is 19.4. The Balaban J connectivity index is 0.000000493. The van der Waals surface area contributed by atoms with Gasteiger partial charge < -0.3 is 34.5 Å². The van der Waals surface area contributed by atoms with Crippen LogP contribution in [0.2, 0.25) is 0 Å². The molecule has 9 nitrogen and oxygen atoms in total. The van der Waals surface area contributed by atoms with Crippen LogP contribution >= 0.6 is 0 Å². The number of furan rings is 1. The van der Waals surface area contributed by atoms with Crippen LogP contribution in [0.15, 0.2) is 34.7 Å². The van der Waals surface area contributed by atoms with Gasteiger partial charge >= 0.3 is 12.1 Å². The summed E-state index contributed by atoms with van der Waals surface area (Å²) in [6, 6.07) is 9.98. The lowest BCUT2D eigenvalue weighted by atomic mass is 10.0. The van der Waals surface area contributed by atoms with E-state index in [-0.39, 0.29) is 5.75 Å². The minimum absolute atomic E-state index is 0.156.